The van der Waals surface area contributed by atoms with Gasteiger partial charge in [-0.25, -0.2) is 13.1 Å². The number of sulfonamides is 1. The van der Waals surface area contributed by atoms with Crippen molar-refractivity contribution in [1.82, 2.24) is 9.62 Å². The molecule has 1 aliphatic rings. The van der Waals surface area contributed by atoms with Crippen molar-refractivity contribution in [3.63, 3.8) is 0 Å². The third kappa shape index (κ3) is 5.41. The Balaban J connectivity index is 1.50. The Kier molecular flexibility index (Phi) is 6.49. The van der Waals surface area contributed by atoms with Gasteiger partial charge in [0, 0.05) is 24.8 Å². The van der Waals surface area contributed by atoms with Crippen LogP contribution in [0.1, 0.15) is 24.0 Å². The molecule has 0 aromatic heterocycles. The van der Waals surface area contributed by atoms with Crippen LogP contribution < -0.4 is 10.0 Å². The minimum absolute atomic E-state index is 0.0551. The van der Waals surface area contributed by atoms with E-state index in [2.05, 4.69) is 14.9 Å². The predicted molar refractivity (Wildman–Crippen MR) is 111 cm³/mol. The van der Waals surface area contributed by atoms with Crippen LogP contribution in [0, 0.1) is 13.8 Å². The van der Waals surface area contributed by atoms with E-state index in [4.69, 9.17) is 0 Å². The molecule has 6 nitrogen and oxygen atoms in total. The number of piperidine rings is 1. The van der Waals surface area contributed by atoms with Gasteiger partial charge in [0.2, 0.25) is 15.9 Å². The summed E-state index contributed by atoms with van der Waals surface area (Å²) in [5, 5.41) is 2.88. The van der Waals surface area contributed by atoms with Crippen molar-refractivity contribution in [2.45, 2.75) is 37.6 Å². The maximum atomic E-state index is 12.7. The Morgan fingerprint density at radius 2 is 1.75 bits per heavy atom. The van der Waals surface area contributed by atoms with Crippen LogP contribution in [0.2, 0.25) is 0 Å². The molecule has 0 radical (unpaired) electrons. The maximum absolute atomic E-state index is 12.7. The van der Waals surface area contributed by atoms with E-state index in [9.17, 15) is 13.2 Å². The molecule has 2 N–H and O–H groups in total. The number of carbonyl (C=O) groups is 1. The van der Waals surface area contributed by atoms with Crippen molar-refractivity contribution >= 4 is 21.6 Å². The summed E-state index contributed by atoms with van der Waals surface area (Å²) < 4.78 is 28.2. The van der Waals surface area contributed by atoms with Gasteiger partial charge in [-0.2, -0.15) is 0 Å². The Labute approximate surface area is 167 Å². The van der Waals surface area contributed by atoms with E-state index in [1.165, 1.54) is 0 Å². The molecule has 3 rings (SSSR count). The average molecular weight is 402 g/mol. The molecule has 28 heavy (non-hydrogen) atoms. The van der Waals surface area contributed by atoms with Gasteiger partial charge in [-0.1, -0.05) is 35.9 Å². The van der Waals surface area contributed by atoms with Gasteiger partial charge in [-0.15, -0.1) is 0 Å². The minimum Gasteiger partial charge on any atom is -0.325 e. The summed E-state index contributed by atoms with van der Waals surface area (Å²) in [5.41, 5.74) is 2.57. The second kappa shape index (κ2) is 8.86. The first kappa shape index (κ1) is 20.5. The van der Waals surface area contributed by atoms with Gasteiger partial charge in [0.1, 0.15) is 0 Å². The highest BCUT2D eigenvalue weighted by molar-refractivity contribution is 7.89. The normalized spacial score (nSPS) is 16.1. The van der Waals surface area contributed by atoms with Gasteiger partial charge in [0.05, 0.1) is 11.4 Å². The van der Waals surface area contributed by atoms with Crippen molar-refractivity contribution in [3.05, 3.63) is 59.7 Å². The van der Waals surface area contributed by atoms with Gasteiger partial charge >= 0.3 is 0 Å². The fourth-order valence-corrected chi connectivity index (χ4v) is 5.05. The first-order valence-corrected chi connectivity index (χ1v) is 11.0. The molecule has 1 aliphatic heterocycles. The van der Waals surface area contributed by atoms with Gasteiger partial charge in [-0.05, 0) is 50.5 Å². The molecule has 0 atom stereocenters. The van der Waals surface area contributed by atoms with Crippen molar-refractivity contribution in [2.24, 2.45) is 0 Å². The molecule has 2 aromatic carbocycles. The van der Waals surface area contributed by atoms with Crippen molar-refractivity contribution < 1.29 is 13.2 Å². The largest absolute Gasteiger partial charge is 0.325 e. The molecule has 0 spiro atoms. The molecular weight excluding hydrogens is 374 g/mol. The number of anilines is 1. The number of rotatable bonds is 6. The lowest BCUT2D eigenvalue weighted by Crippen LogP contribution is -2.46. The van der Waals surface area contributed by atoms with Gasteiger partial charge < -0.3 is 5.32 Å². The third-order valence-electron chi connectivity index (χ3n) is 4.95. The molecule has 1 saturated heterocycles. The molecule has 0 aliphatic carbocycles. The quantitative estimate of drug-likeness (QED) is 0.780. The summed E-state index contributed by atoms with van der Waals surface area (Å²) in [4.78, 5) is 14.6. The first-order chi connectivity index (χ1) is 13.3. The number of nitrogens with zero attached hydrogens (tertiary/aromatic N) is 1. The molecule has 1 heterocycles. The second-order valence-corrected chi connectivity index (χ2v) is 9.04. The van der Waals surface area contributed by atoms with Crippen LogP contribution in [-0.2, 0) is 14.8 Å². The summed E-state index contributed by atoms with van der Waals surface area (Å²) in [6, 6.07) is 14.6. The van der Waals surface area contributed by atoms with Crippen molar-refractivity contribution in [3.8, 4) is 0 Å². The number of amides is 1. The summed E-state index contributed by atoms with van der Waals surface area (Å²) in [6.45, 7) is 5.44. The molecule has 0 bridgehead atoms. The van der Waals surface area contributed by atoms with Crippen molar-refractivity contribution in [1.29, 1.82) is 0 Å². The number of likely N-dealkylation sites (tertiary alicyclic amines) is 1. The Morgan fingerprint density at radius 1 is 1.07 bits per heavy atom. The van der Waals surface area contributed by atoms with E-state index in [1.807, 2.05) is 56.3 Å². The highest BCUT2D eigenvalue weighted by Gasteiger charge is 2.26. The molecular formula is C21H27N3O3S. The highest BCUT2D eigenvalue weighted by atomic mass is 32.2. The van der Waals surface area contributed by atoms with Gasteiger partial charge in [0.15, 0.2) is 0 Å². The molecule has 2 aromatic rings. The van der Waals surface area contributed by atoms with Crippen molar-refractivity contribution in [2.75, 3.05) is 25.0 Å². The number of nitrogens with one attached hydrogen (secondary N) is 2. The maximum Gasteiger partial charge on any atom is 0.241 e. The zero-order valence-electron chi connectivity index (χ0n) is 16.3. The lowest BCUT2D eigenvalue weighted by molar-refractivity contribution is -0.117. The SMILES string of the molecule is Cc1ccc(S(=O)(=O)NC2CCN(CC(=O)Nc3ccccc3)CC2)c(C)c1. The zero-order chi connectivity index (χ0) is 20.1. The number of carbonyl (C=O) groups excluding carboxylic acids is 1. The number of aryl methyl sites for hydroxylation is 2. The molecule has 150 valence electrons. The van der Waals surface area contributed by atoms with E-state index >= 15 is 0 Å². The number of hydrogen-bond acceptors (Lipinski definition) is 4. The summed E-state index contributed by atoms with van der Waals surface area (Å²) in [7, 11) is -3.54. The average Bonchev–Trinajstić information content (AvgIpc) is 2.63. The highest BCUT2D eigenvalue weighted by Crippen LogP contribution is 2.19. The monoisotopic (exact) mass is 401 g/mol. The minimum atomic E-state index is -3.54. The van der Waals surface area contributed by atoms with Crippen LogP contribution in [0.4, 0.5) is 5.69 Å². The lowest BCUT2D eigenvalue weighted by Gasteiger charge is -2.31. The van der Waals surface area contributed by atoms with E-state index in [0.29, 0.717) is 37.4 Å². The van der Waals surface area contributed by atoms with Crippen LogP contribution >= 0.6 is 0 Å². The molecule has 1 fully saturated rings. The van der Waals surface area contributed by atoms with Crippen LogP contribution in [0.3, 0.4) is 0 Å². The Hall–Kier alpha value is -2.22. The molecule has 1 amide bonds. The smallest absolute Gasteiger partial charge is 0.241 e. The van der Waals surface area contributed by atoms with Crippen LogP contribution in [-0.4, -0.2) is 44.9 Å². The summed E-state index contributed by atoms with van der Waals surface area (Å²) in [6.07, 6.45) is 1.37. The topological polar surface area (TPSA) is 78.5 Å². The number of hydrogen-bond donors (Lipinski definition) is 2. The molecule has 7 heteroatoms. The number of para-hydroxylation sites is 1. The van der Waals surface area contributed by atoms with E-state index in [-0.39, 0.29) is 11.9 Å². The summed E-state index contributed by atoms with van der Waals surface area (Å²) in [5.74, 6) is -0.0551. The van der Waals surface area contributed by atoms with Crippen LogP contribution in [0.25, 0.3) is 0 Å². The van der Waals surface area contributed by atoms with E-state index < -0.39 is 10.0 Å². The van der Waals surface area contributed by atoms with Crippen LogP contribution in [0.15, 0.2) is 53.4 Å². The van der Waals surface area contributed by atoms with Gasteiger partial charge in [0.25, 0.3) is 0 Å². The number of benzene rings is 2. The third-order valence-corrected chi connectivity index (χ3v) is 6.63. The van der Waals surface area contributed by atoms with Crippen LogP contribution in [0.5, 0.6) is 0 Å². The predicted octanol–water partition coefficient (Wildman–Crippen LogP) is 2.68. The lowest BCUT2D eigenvalue weighted by atomic mass is 10.1. The fourth-order valence-electron chi connectivity index (χ4n) is 3.52. The Bertz CT molecular complexity index is 921. The zero-order valence-corrected chi connectivity index (χ0v) is 17.1. The molecule has 0 unspecified atom stereocenters. The Morgan fingerprint density at radius 3 is 2.39 bits per heavy atom. The van der Waals surface area contributed by atoms with Gasteiger partial charge in [-0.3, -0.25) is 9.69 Å². The summed E-state index contributed by atoms with van der Waals surface area (Å²) >= 11 is 0. The fraction of sp³-hybridized carbons (Fsp3) is 0.381. The molecule has 0 saturated carbocycles. The van der Waals surface area contributed by atoms with E-state index in [1.54, 1.807) is 6.07 Å². The van der Waals surface area contributed by atoms with E-state index in [0.717, 1.165) is 16.8 Å². The second-order valence-electron chi connectivity index (χ2n) is 7.35. The first-order valence-electron chi connectivity index (χ1n) is 9.50. The standard InChI is InChI=1S/C21H27N3O3S/c1-16-8-9-20(17(2)14-16)28(26,27)23-19-10-12-24(13-11-19)15-21(25)22-18-6-4-3-5-7-18/h3-9,14,19,23H,10-13,15H2,1-2H3,(H,22,25).